The van der Waals surface area contributed by atoms with Gasteiger partial charge in [0.25, 0.3) is 0 Å². The fourth-order valence-corrected chi connectivity index (χ4v) is 1.45. The number of hydrogen-bond donors (Lipinski definition) is 2. The maximum Gasteiger partial charge on any atom is 0.164 e. The van der Waals surface area contributed by atoms with Gasteiger partial charge in [0.1, 0.15) is 0 Å². The normalized spacial score (nSPS) is 12.5. The summed E-state index contributed by atoms with van der Waals surface area (Å²) in [4.78, 5) is 0. The monoisotopic (exact) mass is 194 g/mol. The van der Waals surface area contributed by atoms with Gasteiger partial charge < -0.3 is 16.2 Å². The smallest absolute Gasteiger partial charge is 0.164 e. The van der Waals surface area contributed by atoms with E-state index >= 15 is 0 Å². The molecule has 1 atom stereocenters. The van der Waals surface area contributed by atoms with Gasteiger partial charge in [0, 0.05) is 0 Å². The van der Waals surface area contributed by atoms with Crippen LogP contribution in [0, 0.1) is 0 Å². The SMILES string of the molecule is CCC(C)c1cc(N)c(OC)c(N)c1. The minimum Gasteiger partial charge on any atom is -0.492 e. The van der Waals surface area contributed by atoms with Gasteiger partial charge in [-0.2, -0.15) is 0 Å². The van der Waals surface area contributed by atoms with Crippen LogP contribution < -0.4 is 16.2 Å². The van der Waals surface area contributed by atoms with Gasteiger partial charge in [-0.15, -0.1) is 0 Å². The predicted octanol–water partition coefficient (Wildman–Crippen LogP) is 2.37. The van der Waals surface area contributed by atoms with Gasteiger partial charge in [0.15, 0.2) is 5.75 Å². The zero-order valence-electron chi connectivity index (χ0n) is 9.00. The Balaban J connectivity index is 3.13. The number of nitrogens with two attached hydrogens (primary N) is 2. The quantitative estimate of drug-likeness (QED) is 0.726. The number of nitrogen functional groups attached to an aromatic ring is 2. The molecular formula is C11H18N2O. The van der Waals surface area contributed by atoms with Crippen LogP contribution in [0.2, 0.25) is 0 Å². The minimum absolute atomic E-state index is 0.477. The summed E-state index contributed by atoms with van der Waals surface area (Å²) in [5, 5.41) is 0. The highest BCUT2D eigenvalue weighted by molar-refractivity contribution is 5.69. The number of hydrogen-bond acceptors (Lipinski definition) is 3. The second kappa shape index (κ2) is 4.22. The Kier molecular flexibility index (Phi) is 3.23. The van der Waals surface area contributed by atoms with E-state index < -0.39 is 0 Å². The molecule has 0 bridgehead atoms. The molecule has 14 heavy (non-hydrogen) atoms. The summed E-state index contributed by atoms with van der Waals surface area (Å²) in [6.07, 6.45) is 1.07. The molecular weight excluding hydrogens is 176 g/mol. The lowest BCUT2D eigenvalue weighted by molar-refractivity contribution is 0.419. The van der Waals surface area contributed by atoms with Crippen LogP contribution in [0.15, 0.2) is 12.1 Å². The van der Waals surface area contributed by atoms with Gasteiger partial charge in [0.2, 0.25) is 0 Å². The average molecular weight is 194 g/mol. The molecule has 1 aromatic rings. The van der Waals surface area contributed by atoms with Crippen LogP contribution in [-0.4, -0.2) is 7.11 Å². The molecule has 1 rings (SSSR count). The van der Waals surface area contributed by atoms with Crippen LogP contribution in [0.4, 0.5) is 11.4 Å². The molecule has 0 radical (unpaired) electrons. The molecule has 78 valence electrons. The molecule has 0 aliphatic heterocycles. The van der Waals surface area contributed by atoms with Crippen molar-refractivity contribution < 1.29 is 4.74 Å². The van der Waals surface area contributed by atoms with E-state index in [0.29, 0.717) is 23.0 Å². The molecule has 1 aromatic carbocycles. The zero-order valence-corrected chi connectivity index (χ0v) is 9.00. The summed E-state index contributed by atoms with van der Waals surface area (Å²) in [7, 11) is 1.57. The van der Waals surface area contributed by atoms with Crippen molar-refractivity contribution in [3.8, 4) is 5.75 Å². The zero-order chi connectivity index (χ0) is 10.7. The van der Waals surface area contributed by atoms with Crippen LogP contribution in [0.3, 0.4) is 0 Å². The molecule has 0 aliphatic rings. The lowest BCUT2D eigenvalue weighted by Gasteiger charge is -2.14. The van der Waals surface area contributed by atoms with Gasteiger partial charge >= 0.3 is 0 Å². The first kappa shape index (κ1) is 10.7. The van der Waals surface area contributed by atoms with E-state index in [1.807, 2.05) is 12.1 Å². The van der Waals surface area contributed by atoms with Crippen LogP contribution in [0.25, 0.3) is 0 Å². The third kappa shape index (κ3) is 1.92. The van der Waals surface area contributed by atoms with Crippen LogP contribution in [-0.2, 0) is 0 Å². The molecule has 0 saturated heterocycles. The minimum atomic E-state index is 0.477. The lowest BCUT2D eigenvalue weighted by Crippen LogP contribution is -2.01. The summed E-state index contributed by atoms with van der Waals surface area (Å²) >= 11 is 0. The molecule has 0 amide bonds. The standard InChI is InChI=1S/C11H18N2O/c1-4-7(2)8-5-9(12)11(14-3)10(13)6-8/h5-7H,4,12-13H2,1-3H3. The Hall–Kier alpha value is -1.38. The van der Waals surface area contributed by atoms with Crippen molar-refractivity contribution >= 4 is 11.4 Å². The second-order valence-corrected chi connectivity index (χ2v) is 3.54. The van der Waals surface area contributed by atoms with Crippen molar-refractivity contribution in [2.24, 2.45) is 0 Å². The van der Waals surface area contributed by atoms with Crippen molar-refractivity contribution in [3.05, 3.63) is 17.7 Å². The summed E-state index contributed by atoms with van der Waals surface area (Å²) in [5.74, 6) is 1.06. The first-order chi connectivity index (χ1) is 6.60. The number of ether oxygens (including phenoxy) is 1. The van der Waals surface area contributed by atoms with Gasteiger partial charge in [-0.3, -0.25) is 0 Å². The molecule has 0 fully saturated rings. The van der Waals surface area contributed by atoms with Gasteiger partial charge in [-0.05, 0) is 30.0 Å². The second-order valence-electron chi connectivity index (χ2n) is 3.54. The Bertz CT molecular complexity index is 300. The summed E-state index contributed by atoms with van der Waals surface area (Å²) in [6.45, 7) is 4.29. The maximum atomic E-state index is 5.82. The molecule has 0 saturated carbocycles. The summed E-state index contributed by atoms with van der Waals surface area (Å²) < 4.78 is 5.09. The first-order valence-corrected chi connectivity index (χ1v) is 4.83. The third-order valence-electron chi connectivity index (χ3n) is 2.55. The highest BCUT2D eigenvalue weighted by Gasteiger charge is 2.10. The Morgan fingerprint density at radius 3 is 2.14 bits per heavy atom. The van der Waals surface area contributed by atoms with E-state index in [-0.39, 0.29) is 0 Å². The van der Waals surface area contributed by atoms with E-state index in [4.69, 9.17) is 16.2 Å². The van der Waals surface area contributed by atoms with Crippen LogP contribution in [0.5, 0.6) is 5.75 Å². The van der Waals surface area contributed by atoms with Crippen molar-refractivity contribution in [2.45, 2.75) is 26.2 Å². The topological polar surface area (TPSA) is 61.3 Å². The van der Waals surface area contributed by atoms with Gasteiger partial charge in [-0.25, -0.2) is 0 Å². The molecule has 3 heteroatoms. The molecule has 0 aliphatic carbocycles. The number of benzene rings is 1. The first-order valence-electron chi connectivity index (χ1n) is 4.83. The van der Waals surface area contributed by atoms with E-state index in [2.05, 4.69) is 13.8 Å². The van der Waals surface area contributed by atoms with Crippen LogP contribution in [0.1, 0.15) is 31.7 Å². The van der Waals surface area contributed by atoms with E-state index in [1.165, 1.54) is 5.56 Å². The summed E-state index contributed by atoms with van der Waals surface area (Å²) in [6, 6.07) is 3.87. The Morgan fingerprint density at radius 2 is 1.79 bits per heavy atom. The molecule has 1 unspecified atom stereocenters. The number of anilines is 2. The van der Waals surface area contributed by atoms with Gasteiger partial charge in [-0.1, -0.05) is 13.8 Å². The Labute approximate surface area is 85.0 Å². The predicted molar refractivity (Wildman–Crippen MR) is 60.5 cm³/mol. The van der Waals surface area contributed by atoms with Crippen molar-refractivity contribution in [3.63, 3.8) is 0 Å². The fraction of sp³-hybridized carbons (Fsp3) is 0.455. The van der Waals surface area contributed by atoms with Crippen LogP contribution >= 0.6 is 0 Å². The summed E-state index contributed by atoms with van der Waals surface area (Å²) in [5.41, 5.74) is 14.0. The molecule has 3 nitrogen and oxygen atoms in total. The molecule has 0 spiro atoms. The molecule has 0 aromatic heterocycles. The third-order valence-corrected chi connectivity index (χ3v) is 2.55. The van der Waals surface area contributed by atoms with E-state index in [9.17, 15) is 0 Å². The van der Waals surface area contributed by atoms with Crippen molar-refractivity contribution in [1.82, 2.24) is 0 Å². The molecule has 0 heterocycles. The Morgan fingerprint density at radius 1 is 1.29 bits per heavy atom. The van der Waals surface area contributed by atoms with Gasteiger partial charge in [0.05, 0.1) is 18.5 Å². The maximum absolute atomic E-state index is 5.82. The van der Waals surface area contributed by atoms with E-state index in [0.717, 1.165) is 6.42 Å². The number of rotatable bonds is 3. The average Bonchev–Trinajstić information content (AvgIpc) is 2.16. The molecule has 4 N–H and O–H groups in total. The fourth-order valence-electron chi connectivity index (χ4n) is 1.45. The largest absolute Gasteiger partial charge is 0.492 e. The number of methoxy groups -OCH3 is 1. The lowest BCUT2D eigenvalue weighted by atomic mass is 9.97. The van der Waals surface area contributed by atoms with Crippen molar-refractivity contribution in [2.75, 3.05) is 18.6 Å². The van der Waals surface area contributed by atoms with E-state index in [1.54, 1.807) is 7.11 Å². The van der Waals surface area contributed by atoms with Crippen molar-refractivity contribution in [1.29, 1.82) is 0 Å². The highest BCUT2D eigenvalue weighted by Crippen LogP contribution is 2.33. The highest BCUT2D eigenvalue weighted by atomic mass is 16.5.